The molecular weight excluding hydrogens is 362 g/mol. The molecule has 0 bridgehead atoms. The number of aliphatic carboxylic acids is 2. The first-order valence-electron chi connectivity index (χ1n) is 9.24. The Morgan fingerprint density at radius 3 is 2.14 bits per heavy atom. The molecule has 1 unspecified atom stereocenters. The Balaban J connectivity index is 2.20. The minimum absolute atomic E-state index is 0.0820. The van der Waals surface area contributed by atoms with Crippen LogP contribution in [0.5, 0.6) is 0 Å². The van der Waals surface area contributed by atoms with Crippen molar-refractivity contribution in [3.8, 4) is 0 Å². The van der Waals surface area contributed by atoms with Crippen LogP contribution in [-0.4, -0.2) is 43.4 Å². The van der Waals surface area contributed by atoms with Crippen LogP contribution in [-0.2, 0) is 16.1 Å². The Labute approximate surface area is 163 Å². The van der Waals surface area contributed by atoms with Crippen LogP contribution in [0.25, 0.3) is 0 Å². The van der Waals surface area contributed by atoms with Crippen molar-refractivity contribution >= 4 is 11.9 Å². The fraction of sp³-hybridized carbons (Fsp3) is 0.450. The van der Waals surface area contributed by atoms with E-state index in [-0.39, 0.29) is 24.2 Å². The molecule has 2 aromatic rings. The molecule has 152 valence electrons. The molecule has 0 radical (unpaired) electrons. The van der Waals surface area contributed by atoms with Gasteiger partial charge in [-0.25, -0.2) is 4.79 Å². The zero-order valence-corrected chi connectivity index (χ0v) is 16.3. The predicted molar refractivity (Wildman–Crippen MR) is 104 cm³/mol. The van der Waals surface area contributed by atoms with Crippen LogP contribution in [0.15, 0.2) is 47.5 Å². The lowest BCUT2D eigenvalue weighted by Gasteiger charge is -2.21. The van der Waals surface area contributed by atoms with E-state index in [1.54, 1.807) is 6.20 Å². The van der Waals surface area contributed by atoms with Crippen molar-refractivity contribution in [1.29, 1.82) is 0 Å². The Morgan fingerprint density at radius 1 is 1.00 bits per heavy atom. The normalized spacial score (nSPS) is 14.6. The number of hydrogen-bond donors (Lipinski definition) is 3. The van der Waals surface area contributed by atoms with Gasteiger partial charge in [0.05, 0.1) is 12.6 Å². The number of rotatable bonds is 10. The van der Waals surface area contributed by atoms with E-state index in [4.69, 9.17) is 0 Å². The second kappa shape index (κ2) is 9.36. The van der Waals surface area contributed by atoms with Gasteiger partial charge in [0.1, 0.15) is 12.1 Å². The van der Waals surface area contributed by atoms with Crippen LogP contribution in [0, 0.1) is 5.92 Å². The van der Waals surface area contributed by atoms with Gasteiger partial charge in [0, 0.05) is 12.4 Å². The first-order chi connectivity index (χ1) is 13.2. The van der Waals surface area contributed by atoms with Gasteiger partial charge in [-0.3, -0.25) is 24.0 Å². The second-order valence-corrected chi connectivity index (χ2v) is 7.30. The number of nitrogens with zero attached hydrogens (tertiary/aromatic N) is 2. The van der Waals surface area contributed by atoms with Crippen molar-refractivity contribution in [3.05, 3.63) is 58.8 Å². The highest BCUT2D eigenvalue weighted by Gasteiger charge is 2.27. The molecule has 1 aromatic carbocycles. The number of hydrogen-bond acceptors (Lipinski definition) is 4. The number of benzene rings is 1. The first kappa shape index (κ1) is 21.4. The largest absolute Gasteiger partial charge is 0.480 e. The van der Waals surface area contributed by atoms with Gasteiger partial charge in [0.15, 0.2) is 0 Å². The summed E-state index contributed by atoms with van der Waals surface area (Å²) in [4.78, 5) is 35.8. The molecule has 8 heteroatoms. The zero-order chi connectivity index (χ0) is 20.8. The van der Waals surface area contributed by atoms with Gasteiger partial charge in [-0.05, 0) is 24.8 Å². The Morgan fingerprint density at radius 2 is 1.61 bits per heavy atom. The summed E-state index contributed by atoms with van der Waals surface area (Å²) in [6.45, 7) is 5.45. The molecule has 2 rings (SSSR count). The molecule has 3 atom stereocenters. The van der Waals surface area contributed by atoms with E-state index >= 15 is 0 Å². The number of imidazole rings is 1. The van der Waals surface area contributed by atoms with Crippen molar-refractivity contribution in [2.24, 2.45) is 5.92 Å². The monoisotopic (exact) mass is 389 g/mol. The summed E-state index contributed by atoms with van der Waals surface area (Å²) >= 11 is 0. The third kappa shape index (κ3) is 5.32. The van der Waals surface area contributed by atoms with E-state index in [1.807, 2.05) is 51.1 Å². The van der Waals surface area contributed by atoms with Crippen LogP contribution in [0.3, 0.4) is 0 Å². The maximum Gasteiger partial charge on any atom is 0.328 e. The van der Waals surface area contributed by atoms with Crippen molar-refractivity contribution in [1.82, 2.24) is 14.5 Å². The maximum atomic E-state index is 12.7. The lowest BCUT2D eigenvalue weighted by atomic mass is 10.0. The van der Waals surface area contributed by atoms with E-state index in [2.05, 4.69) is 5.32 Å². The molecule has 0 spiro atoms. The van der Waals surface area contributed by atoms with E-state index < -0.39 is 24.0 Å². The molecule has 0 saturated carbocycles. The van der Waals surface area contributed by atoms with Crippen LogP contribution in [0.1, 0.15) is 38.8 Å². The molecule has 0 aliphatic carbocycles. The van der Waals surface area contributed by atoms with Crippen molar-refractivity contribution in [3.63, 3.8) is 0 Å². The lowest BCUT2D eigenvalue weighted by Crippen LogP contribution is -2.50. The number of aromatic nitrogens is 2. The molecule has 0 aliphatic rings. The molecule has 8 nitrogen and oxygen atoms in total. The van der Waals surface area contributed by atoms with Gasteiger partial charge < -0.3 is 10.2 Å². The number of carbonyl (C=O) groups is 2. The molecule has 28 heavy (non-hydrogen) atoms. The SMILES string of the molecule is CC(C)CC(N[C@@H](Cn1ccn([C@@H](C)c2ccccc2)c1=O)C(=O)O)C(=O)O. The van der Waals surface area contributed by atoms with Crippen LogP contribution in [0.2, 0.25) is 0 Å². The van der Waals surface area contributed by atoms with Crippen LogP contribution in [0.4, 0.5) is 0 Å². The fourth-order valence-corrected chi connectivity index (χ4v) is 3.11. The van der Waals surface area contributed by atoms with Crippen LogP contribution < -0.4 is 11.0 Å². The highest BCUT2D eigenvalue weighted by molar-refractivity contribution is 5.77. The number of nitrogens with one attached hydrogen (secondary N) is 1. The van der Waals surface area contributed by atoms with Crippen molar-refractivity contribution in [2.45, 2.75) is 51.9 Å². The third-order valence-electron chi connectivity index (χ3n) is 4.66. The van der Waals surface area contributed by atoms with Gasteiger partial charge in [-0.15, -0.1) is 0 Å². The zero-order valence-electron chi connectivity index (χ0n) is 16.3. The van der Waals surface area contributed by atoms with Gasteiger partial charge in [0.25, 0.3) is 0 Å². The predicted octanol–water partition coefficient (Wildman–Crippen LogP) is 1.80. The molecule has 1 heterocycles. The second-order valence-electron chi connectivity index (χ2n) is 7.30. The molecular formula is C20H27N3O5. The number of carboxylic acids is 2. The van der Waals surface area contributed by atoms with Crippen LogP contribution >= 0.6 is 0 Å². The van der Waals surface area contributed by atoms with Gasteiger partial charge in [0.2, 0.25) is 0 Å². The van der Waals surface area contributed by atoms with Crippen molar-refractivity contribution < 1.29 is 19.8 Å². The maximum absolute atomic E-state index is 12.7. The first-order valence-corrected chi connectivity index (χ1v) is 9.24. The molecule has 0 fully saturated rings. The van der Waals surface area contributed by atoms with E-state index in [1.165, 1.54) is 15.3 Å². The van der Waals surface area contributed by atoms with E-state index in [0.29, 0.717) is 6.42 Å². The minimum Gasteiger partial charge on any atom is -0.480 e. The average molecular weight is 389 g/mol. The van der Waals surface area contributed by atoms with E-state index in [9.17, 15) is 24.6 Å². The summed E-state index contributed by atoms with van der Waals surface area (Å²) in [5, 5.41) is 21.5. The standard InChI is InChI=1S/C20H27N3O5/c1-13(2)11-16(18(24)25)21-17(19(26)27)12-22-9-10-23(20(22)28)14(3)15-7-5-4-6-8-15/h4-10,13-14,16-17,21H,11-12H2,1-3H3,(H,24,25)(H,26,27)/t14-,16?,17-/m0/s1. The average Bonchev–Trinajstić information content (AvgIpc) is 3.00. The molecule has 0 saturated heterocycles. The summed E-state index contributed by atoms with van der Waals surface area (Å²) in [5.74, 6) is -2.23. The summed E-state index contributed by atoms with van der Waals surface area (Å²) in [7, 11) is 0. The highest BCUT2D eigenvalue weighted by Crippen LogP contribution is 2.15. The summed E-state index contributed by atoms with van der Waals surface area (Å²) < 4.78 is 2.82. The number of carboxylic acid groups (broad SMARTS) is 2. The molecule has 0 amide bonds. The summed E-state index contributed by atoms with van der Waals surface area (Å²) in [6.07, 6.45) is 3.43. The van der Waals surface area contributed by atoms with E-state index in [0.717, 1.165) is 5.56 Å². The summed E-state index contributed by atoms with van der Waals surface area (Å²) in [6, 6.07) is 7.10. The quantitative estimate of drug-likeness (QED) is 0.571. The summed E-state index contributed by atoms with van der Waals surface area (Å²) in [5.41, 5.74) is 0.610. The lowest BCUT2D eigenvalue weighted by molar-refractivity contribution is -0.143. The highest BCUT2D eigenvalue weighted by atomic mass is 16.4. The van der Waals surface area contributed by atoms with Gasteiger partial charge in [-0.1, -0.05) is 44.2 Å². The Kier molecular flexibility index (Phi) is 7.17. The van der Waals surface area contributed by atoms with Crippen molar-refractivity contribution in [2.75, 3.05) is 0 Å². The fourth-order valence-electron chi connectivity index (χ4n) is 3.11. The smallest absolute Gasteiger partial charge is 0.328 e. The molecule has 1 aromatic heterocycles. The minimum atomic E-state index is -1.20. The topological polar surface area (TPSA) is 114 Å². The van der Waals surface area contributed by atoms with Gasteiger partial charge >= 0.3 is 17.6 Å². The third-order valence-corrected chi connectivity index (χ3v) is 4.66. The van der Waals surface area contributed by atoms with Gasteiger partial charge in [-0.2, -0.15) is 0 Å². The Bertz CT molecular complexity index is 856. The Hall–Kier alpha value is -2.87. The molecule has 0 aliphatic heterocycles. The molecule has 3 N–H and O–H groups in total.